The Kier molecular flexibility index (Phi) is 8.95. The number of nitrogens with one attached hydrogen (secondary N) is 1. The van der Waals surface area contributed by atoms with Gasteiger partial charge in [0, 0.05) is 22.5 Å². The largest absolute Gasteiger partial charge is 0.396 e. The maximum atomic E-state index is 11.6. The van der Waals surface area contributed by atoms with Crippen molar-refractivity contribution in [2.45, 2.75) is 30.6 Å². The molecule has 0 radical (unpaired) electrons. The average molecular weight is 346 g/mol. The zero-order chi connectivity index (χ0) is 13.9. The molecule has 19 heavy (non-hydrogen) atoms. The van der Waals surface area contributed by atoms with Gasteiger partial charge in [0.2, 0.25) is 5.91 Å². The second-order valence-electron chi connectivity index (χ2n) is 4.23. The van der Waals surface area contributed by atoms with Crippen molar-refractivity contribution in [2.75, 3.05) is 18.9 Å². The van der Waals surface area contributed by atoms with Crippen LogP contribution in [0.3, 0.4) is 0 Å². The van der Waals surface area contributed by atoms with Crippen molar-refractivity contribution in [3.8, 4) is 0 Å². The van der Waals surface area contributed by atoms with Crippen molar-refractivity contribution < 1.29 is 9.90 Å². The minimum Gasteiger partial charge on any atom is -0.396 e. The Morgan fingerprint density at radius 2 is 1.84 bits per heavy atom. The summed E-state index contributed by atoms with van der Waals surface area (Å²) in [5.41, 5.74) is 0. The van der Waals surface area contributed by atoms with Crippen LogP contribution in [0, 0.1) is 0 Å². The molecule has 2 N–H and O–H groups in total. The number of rotatable bonds is 9. The van der Waals surface area contributed by atoms with Crippen LogP contribution in [0.2, 0.25) is 0 Å². The maximum absolute atomic E-state index is 11.6. The van der Waals surface area contributed by atoms with Crippen LogP contribution in [0.5, 0.6) is 0 Å². The number of carbonyl (C=O) groups is 1. The van der Waals surface area contributed by atoms with E-state index in [4.69, 9.17) is 5.11 Å². The van der Waals surface area contributed by atoms with Crippen LogP contribution in [-0.2, 0) is 4.79 Å². The predicted molar refractivity (Wildman–Crippen MR) is 83.4 cm³/mol. The van der Waals surface area contributed by atoms with Crippen molar-refractivity contribution in [3.05, 3.63) is 28.7 Å². The first-order chi connectivity index (χ1) is 9.22. The zero-order valence-electron chi connectivity index (χ0n) is 10.9. The summed E-state index contributed by atoms with van der Waals surface area (Å²) in [6, 6.07) is 7.94. The third kappa shape index (κ3) is 8.29. The molecule has 0 spiro atoms. The molecule has 0 aliphatic rings. The fourth-order valence-electron chi connectivity index (χ4n) is 1.55. The van der Waals surface area contributed by atoms with E-state index in [1.54, 1.807) is 11.8 Å². The highest BCUT2D eigenvalue weighted by Gasteiger charge is 2.02. The number of halogens is 1. The second-order valence-corrected chi connectivity index (χ2v) is 6.19. The van der Waals surface area contributed by atoms with Crippen molar-refractivity contribution in [1.82, 2.24) is 5.32 Å². The number of carbonyl (C=O) groups excluding carboxylic acids is 1. The predicted octanol–water partition coefficient (Wildman–Crippen LogP) is 3.21. The number of aliphatic hydroxyl groups is 1. The topological polar surface area (TPSA) is 49.3 Å². The van der Waals surface area contributed by atoms with E-state index in [1.165, 1.54) is 0 Å². The van der Waals surface area contributed by atoms with Gasteiger partial charge in [-0.25, -0.2) is 0 Å². The lowest BCUT2D eigenvalue weighted by molar-refractivity contribution is -0.118. The monoisotopic (exact) mass is 345 g/mol. The van der Waals surface area contributed by atoms with Crippen LogP contribution in [0.4, 0.5) is 0 Å². The third-order valence-electron chi connectivity index (χ3n) is 2.59. The van der Waals surface area contributed by atoms with Crippen LogP contribution in [-0.4, -0.2) is 29.9 Å². The van der Waals surface area contributed by atoms with Gasteiger partial charge in [0.15, 0.2) is 0 Å². The molecule has 0 aliphatic heterocycles. The number of thioether (sulfide) groups is 1. The summed E-state index contributed by atoms with van der Waals surface area (Å²) in [6.45, 7) is 0.987. The first kappa shape index (κ1) is 16.5. The number of benzene rings is 1. The van der Waals surface area contributed by atoms with Crippen LogP contribution < -0.4 is 5.32 Å². The SMILES string of the molecule is O=C(CSc1ccc(Br)cc1)NCCCCCCO. The molecule has 1 aromatic carbocycles. The number of hydrogen-bond donors (Lipinski definition) is 2. The Bertz CT molecular complexity index is 370. The molecule has 0 aromatic heterocycles. The smallest absolute Gasteiger partial charge is 0.230 e. The summed E-state index contributed by atoms with van der Waals surface area (Å²) in [5.74, 6) is 0.535. The van der Waals surface area contributed by atoms with Crippen LogP contribution >= 0.6 is 27.7 Å². The van der Waals surface area contributed by atoms with E-state index in [0.717, 1.165) is 41.6 Å². The summed E-state index contributed by atoms with van der Waals surface area (Å²) in [4.78, 5) is 12.7. The lowest BCUT2D eigenvalue weighted by Crippen LogP contribution is -2.26. The summed E-state index contributed by atoms with van der Waals surface area (Å²) in [6.07, 6.45) is 3.92. The molecule has 1 aromatic rings. The maximum Gasteiger partial charge on any atom is 0.230 e. The van der Waals surface area contributed by atoms with E-state index in [2.05, 4.69) is 21.2 Å². The highest BCUT2D eigenvalue weighted by molar-refractivity contribution is 9.10. The lowest BCUT2D eigenvalue weighted by atomic mass is 10.2. The average Bonchev–Trinajstić information content (AvgIpc) is 2.42. The van der Waals surface area contributed by atoms with E-state index in [-0.39, 0.29) is 12.5 Å². The molecule has 0 saturated heterocycles. The van der Waals surface area contributed by atoms with E-state index in [1.807, 2.05) is 24.3 Å². The molecule has 1 rings (SSSR count). The van der Waals surface area contributed by atoms with Gasteiger partial charge in [-0.15, -0.1) is 11.8 Å². The van der Waals surface area contributed by atoms with E-state index in [9.17, 15) is 4.79 Å². The number of aliphatic hydroxyl groups excluding tert-OH is 1. The number of amides is 1. The van der Waals surface area contributed by atoms with Crippen molar-refractivity contribution in [1.29, 1.82) is 0 Å². The van der Waals surface area contributed by atoms with E-state index >= 15 is 0 Å². The molecule has 3 nitrogen and oxygen atoms in total. The lowest BCUT2D eigenvalue weighted by Gasteiger charge is -2.05. The fourth-order valence-corrected chi connectivity index (χ4v) is 2.54. The minimum atomic E-state index is 0.0788. The molecular weight excluding hydrogens is 326 g/mol. The van der Waals surface area contributed by atoms with E-state index in [0.29, 0.717) is 5.75 Å². The number of unbranched alkanes of at least 4 members (excludes halogenated alkanes) is 3. The van der Waals surface area contributed by atoms with Gasteiger partial charge in [0.25, 0.3) is 0 Å². The first-order valence-corrected chi connectivity index (χ1v) is 8.26. The third-order valence-corrected chi connectivity index (χ3v) is 4.13. The van der Waals surface area contributed by atoms with Gasteiger partial charge < -0.3 is 10.4 Å². The standard InChI is InChI=1S/C14H20BrNO2S/c15-12-5-7-13(8-6-12)19-11-14(18)16-9-3-1-2-4-10-17/h5-8,17H,1-4,9-11H2,(H,16,18). The quantitative estimate of drug-likeness (QED) is 0.533. The Hall–Kier alpha value is -0.520. The summed E-state index contributed by atoms with van der Waals surface area (Å²) >= 11 is 4.92. The highest BCUT2D eigenvalue weighted by Crippen LogP contribution is 2.20. The normalized spacial score (nSPS) is 10.4. The molecule has 0 saturated carbocycles. The van der Waals surface area contributed by atoms with Crippen LogP contribution in [0.1, 0.15) is 25.7 Å². The molecule has 106 valence electrons. The molecule has 0 fully saturated rings. The van der Waals surface area contributed by atoms with Gasteiger partial charge >= 0.3 is 0 Å². The van der Waals surface area contributed by atoms with Crippen molar-refractivity contribution in [2.24, 2.45) is 0 Å². The molecule has 0 atom stereocenters. The number of hydrogen-bond acceptors (Lipinski definition) is 3. The highest BCUT2D eigenvalue weighted by atomic mass is 79.9. The Morgan fingerprint density at radius 3 is 2.53 bits per heavy atom. The summed E-state index contributed by atoms with van der Waals surface area (Å²) in [7, 11) is 0. The summed E-state index contributed by atoms with van der Waals surface area (Å²) in [5, 5.41) is 11.5. The Balaban J connectivity index is 2.06. The van der Waals surface area contributed by atoms with Crippen molar-refractivity contribution in [3.63, 3.8) is 0 Å². The van der Waals surface area contributed by atoms with Gasteiger partial charge in [-0.1, -0.05) is 28.8 Å². The molecule has 5 heteroatoms. The molecule has 0 unspecified atom stereocenters. The van der Waals surface area contributed by atoms with Crippen LogP contribution in [0.15, 0.2) is 33.6 Å². The van der Waals surface area contributed by atoms with Crippen molar-refractivity contribution >= 4 is 33.6 Å². The molecule has 0 aliphatic carbocycles. The van der Waals surface area contributed by atoms with Gasteiger partial charge in [-0.3, -0.25) is 4.79 Å². The fraction of sp³-hybridized carbons (Fsp3) is 0.500. The molecule has 1 amide bonds. The van der Waals surface area contributed by atoms with Gasteiger partial charge in [-0.05, 0) is 37.1 Å². The molecular formula is C14H20BrNO2S. The minimum absolute atomic E-state index is 0.0788. The zero-order valence-corrected chi connectivity index (χ0v) is 13.3. The van der Waals surface area contributed by atoms with Gasteiger partial charge in [0.05, 0.1) is 5.75 Å². The second kappa shape index (κ2) is 10.3. The van der Waals surface area contributed by atoms with Gasteiger partial charge in [0.1, 0.15) is 0 Å². The molecule has 0 heterocycles. The van der Waals surface area contributed by atoms with Crippen LogP contribution in [0.25, 0.3) is 0 Å². The first-order valence-electron chi connectivity index (χ1n) is 6.48. The Labute approximate surface area is 127 Å². The Morgan fingerprint density at radius 1 is 1.16 bits per heavy atom. The summed E-state index contributed by atoms with van der Waals surface area (Å²) < 4.78 is 1.05. The molecule has 0 bridgehead atoms. The van der Waals surface area contributed by atoms with E-state index < -0.39 is 0 Å². The van der Waals surface area contributed by atoms with Gasteiger partial charge in [-0.2, -0.15) is 0 Å².